The molecular formula is C12H20N2O5. The zero-order valence-electron chi connectivity index (χ0n) is 11.2. The van der Waals surface area contributed by atoms with Crippen LogP contribution in [0.25, 0.3) is 0 Å². The highest BCUT2D eigenvalue weighted by Crippen LogP contribution is 2.18. The van der Waals surface area contributed by atoms with Gasteiger partial charge in [0.15, 0.2) is 0 Å². The van der Waals surface area contributed by atoms with Gasteiger partial charge in [-0.1, -0.05) is 6.92 Å². The van der Waals surface area contributed by atoms with Crippen molar-refractivity contribution in [3.05, 3.63) is 0 Å². The van der Waals surface area contributed by atoms with Crippen molar-refractivity contribution in [2.75, 3.05) is 26.7 Å². The number of ether oxygens (including phenoxy) is 1. The van der Waals surface area contributed by atoms with Crippen LogP contribution in [0.4, 0.5) is 4.79 Å². The molecule has 0 radical (unpaired) electrons. The number of esters is 1. The van der Waals surface area contributed by atoms with E-state index in [1.54, 1.807) is 4.90 Å². The number of urea groups is 1. The number of amides is 2. The molecule has 7 nitrogen and oxygen atoms in total. The van der Waals surface area contributed by atoms with Crippen molar-refractivity contribution in [3.63, 3.8) is 0 Å². The summed E-state index contributed by atoms with van der Waals surface area (Å²) in [5, 5.41) is 11.3. The Hall–Kier alpha value is -1.79. The van der Waals surface area contributed by atoms with Crippen molar-refractivity contribution in [2.45, 2.75) is 19.8 Å². The second kappa shape index (κ2) is 6.96. The highest BCUT2D eigenvalue weighted by atomic mass is 16.5. The van der Waals surface area contributed by atoms with E-state index in [2.05, 4.69) is 10.1 Å². The number of carbonyl (C=O) groups excluding carboxylic acids is 2. The summed E-state index contributed by atoms with van der Waals surface area (Å²) in [7, 11) is 1.36. The van der Waals surface area contributed by atoms with Crippen LogP contribution in [-0.4, -0.2) is 54.7 Å². The van der Waals surface area contributed by atoms with E-state index in [4.69, 9.17) is 5.11 Å². The lowest BCUT2D eigenvalue weighted by atomic mass is 9.97. The van der Waals surface area contributed by atoms with Gasteiger partial charge in [0.2, 0.25) is 0 Å². The molecule has 1 fully saturated rings. The monoisotopic (exact) mass is 272 g/mol. The van der Waals surface area contributed by atoms with Gasteiger partial charge in [0.25, 0.3) is 0 Å². The first-order valence-corrected chi connectivity index (χ1v) is 6.29. The smallest absolute Gasteiger partial charge is 0.317 e. The minimum Gasteiger partial charge on any atom is -0.481 e. The van der Waals surface area contributed by atoms with Gasteiger partial charge in [-0.25, -0.2) is 4.79 Å². The van der Waals surface area contributed by atoms with Gasteiger partial charge in [-0.05, 0) is 12.8 Å². The Labute approximate surface area is 111 Å². The van der Waals surface area contributed by atoms with Crippen LogP contribution >= 0.6 is 0 Å². The van der Waals surface area contributed by atoms with Crippen LogP contribution in [0.15, 0.2) is 0 Å². The number of piperidine rings is 1. The van der Waals surface area contributed by atoms with Crippen molar-refractivity contribution in [2.24, 2.45) is 11.8 Å². The van der Waals surface area contributed by atoms with Gasteiger partial charge in [-0.2, -0.15) is 0 Å². The van der Waals surface area contributed by atoms with E-state index in [9.17, 15) is 14.4 Å². The molecule has 1 atom stereocenters. The van der Waals surface area contributed by atoms with E-state index >= 15 is 0 Å². The highest BCUT2D eigenvalue weighted by molar-refractivity contribution is 5.77. The Balaban J connectivity index is 2.33. The molecule has 0 spiro atoms. The first-order valence-electron chi connectivity index (χ1n) is 6.29. The molecule has 1 saturated heterocycles. The summed E-state index contributed by atoms with van der Waals surface area (Å²) in [4.78, 5) is 35.3. The summed E-state index contributed by atoms with van der Waals surface area (Å²) >= 11 is 0. The number of hydrogen-bond donors (Lipinski definition) is 2. The molecule has 1 aliphatic heterocycles. The maximum atomic E-state index is 11.8. The minimum atomic E-state index is -0.940. The lowest BCUT2D eigenvalue weighted by molar-refractivity contribution is -0.147. The third-order valence-corrected chi connectivity index (χ3v) is 3.30. The third kappa shape index (κ3) is 4.42. The van der Waals surface area contributed by atoms with E-state index in [1.165, 1.54) is 14.0 Å². The van der Waals surface area contributed by atoms with Gasteiger partial charge >= 0.3 is 18.0 Å². The number of nitrogens with one attached hydrogen (secondary N) is 1. The van der Waals surface area contributed by atoms with Gasteiger partial charge in [-0.3, -0.25) is 9.59 Å². The molecule has 0 aromatic carbocycles. The zero-order valence-corrected chi connectivity index (χ0v) is 11.2. The Morgan fingerprint density at radius 3 is 2.42 bits per heavy atom. The predicted molar refractivity (Wildman–Crippen MR) is 66.5 cm³/mol. The van der Waals surface area contributed by atoms with E-state index in [0.29, 0.717) is 25.9 Å². The normalized spacial score (nSPS) is 17.7. The molecule has 0 aromatic heterocycles. The summed E-state index contributed by atoms with van der Waals surface area (Å²) < 4.78 is 4.67. The molecule has 0 bridgehead atoms. The molecular weight excluding hydrogens is 252 g/mol. The van der Waals surface area contributed by atoms with E-state index in [1.807, 2.05) is 0 Å². The van der Waals surface area contributed by atoms with Crippen LogP contribution in [0.3, 0.4) is 0 Å². The van der Waals surface area contributed by atoms with Crippen LogP contribution < -0.4 is 5.32 Å². The lowest BCUT2D eigenvalue weighted by Crippen LogP contribution is -2.47. The molecule has 0 aromatic rings. The van der Waals surface area contributed by atoms with Crippen LogP contribution in [0, 0.1) is 11.8 Å². The highest BCUT2D eigenvalue weighted by Gasteiger charge is 2.28. The number of methoxy groups -OCH3 is 1. The maximum Gasteiger partial charge on any atom is 0.317 e. The number of carbonyl (C=O) groups is 3. The number of likely N-dealkylation sites (tertiary alicyclic amines) is 1. The first kappa shape index (κ1) is 15.3. The molecule has 0 saturated carbocycles. The van der Waals surface area contributed by atoms with Crippen molar-refractivity contribution in [1.29, 1.82) is 0 Å². The van der Waals surface area contributed by atoms with E-state index < -0.39 is 11.9 Å². The Morgan fingerprint density at radius 2 is 1.95 bits per heavy atom. The summed E-state index contributed by atoms with van der Waals surface area (Å²) in [6, 6.07) is -0.281. The molecule has 108 valence electrons. The Kier molecular flexibility index (Phi) is 5.59. The van der Waals surface area contributed by atoms with Crippen LogP contribution in [0.2, 0.25) is 0 Å². The zero-order chi connectivity index (χ0) is 14.4. The standard InChI is InChI=1S/C12H20N2O5/c1-8(10(15)16)7-13-12(18)14-5-3-9(4-6-14)11(17)19-2/h8-9H,3-7H2,1-2H3,(H,13,18)(H,15,16). The fourth-order valence-electron chi connectivity index (χ4n) is 1.92. The maximum absolute atomic E-state index is 11.8. The fourth-order valence-corrected chi connectivity index (χ4v) is 1.92. The fraction of sp³-hybridized carbons (Fsp3) is 0.750. The molecule has 19 heavy (non-hydrogen) atoms. The summed E-state index contributed by atoms with van der Waals surface area (Å²) in [6.45, 7) is 2.59. The molecule has 2 N–H and O–H groups in total. The molecule has 1 unspecified atom stereocenters. The average Bonchev–Trinajstić information content (AvgIpc) is 2.43. The van der Waals surface area contributed by atoms with Gasteiger partial charge in [0.1, 0.15) is 0 Å². The second-order valence-corrected chi connectivity index (χ2v) is 4.71. The average molecular weight is 272 g/mol. The SMILES string of the molecule is COC(=O)C1CCN(C(=O)NCC(C)C(=O)O)CC1. The lowest BCUT2D eigenvalue weighted by Gasteiger charge is -2.30. The van der Waals surface area contributed by atoms with E-state index in [-0.39, 0.29) is 24.5 Å². The Morgan fingerprint density at radius 1 is 1.37 bits per heavy atom. The molecule has 0 aliphatic carbocycles. The summed E-state index contributed by atoms with van der Waals surface area (Å²) in [5.41, 5.74) is 0. The molecule has 1 aliphatic rings. The minimum absolute atomic E-state index is 0.102. The van der Waals surface area contributed by atoms with Crippen molar-refractivity contribution in [3.8, 4) is 0 Å². The van der Waals surface area contributed by atoms with Crippen molar-refractivity contribution < 1.29 is 24.2 Å². The number of aliphatic carboxylic acids is 1. The van der Waals surface area contributed by atoms with Gasteiger partial charge in [0.05, 0.1) is 18.9 Å². The van der Waals surface area contributed by atoms with Crippen LogP contribution in [-0.2, 0) is 14.3 Å². The molecule has 1 heterocycles. The van der Waals surface area contributed by atoms with Gasteiger partial charge in [-0.15, -0.1) is 0 Å². The summed E-state index contributed by atoms with van der Waals surface area (Å²) in [5.74, 6) is -1.94. The number of hydrogen-bond acceptors (Lipinski definition) is 4. The number of carboxylic acid groups (broad SMARTS) is 1. The quantitative estimate of drug-likeness (QED) is 0.718. The first-order chi connectivity index (χ1) is 8.95. The number of carboxylic acids is 1. The van der Waals surface area contributed by atoms with Gasteiger partial charge in [0, 0.05) is 19.6 Å². The second-order valence-electron chi connectivity index (χ2n) is 4.71. The van der Waals surface area contributed by atoms with E-state index in [0.717, 1.165) is 0 Å². The third-order valence-electron chi connectivity index (χ3n) is 3.30. The molecule has 2 amide bonds. The van der Waals surface area contributed by atoms with Gasteiger partial charge < -0.3 is 20.1 Å². The molecule has 7 heteroatoms. The predicted octanol–water partition coefficient (Wildman–Crippen LogP) is 0.302. The number of nitrogens with zero attached hydrogens (tertiary/aromatic N) is 1. The summed E-state index contributed by atoms with van der Waals surface area (Å²) in [6.07, 6.45) is 1.16. The number of rotatable bonds is 4. The van der Waals surface area contributed by atoms with Crippen LogP contribution in [0.5, 0.6) is 0 Å². The topological polar surface area (TPSA) is 95.9 Å². The largest absolute Gasteiger partial charge is 0.481 e. The van der Waals surface area contributed by atoms with Crippen molar-refractivity contribution in [1.82, 2.24) is 10.2 Å². The Bertz CT molecular complexity index is 350. The van der Waals surface area contributed by atoms with Crippen LogP contribution in [0.1, 0.15) is 19.8 Å². The van der Waals surface area contributed by atoms with Crippen molar-refractivity contribution >= 4 is 18.0 Å². The molecule has 1 rings (SSSR count).